The van der Waals surface area contributed by atoms with Crippen LogP contribution in [0.5, 0.6) is 0 Å². The summed E-state index contributed by atoms with van der Waals surface area (Å²) in [4.78, 5) is 0. The first-order valence-electron chi connectivity index (χ1n) is 2.86. The highest BCUT2D eigenvalue weighted by Crippen LogP contribution is 2.08. The van der Waals surface area contributed by atoms with E-state index in [0.717, 1.165) is 11.4 Å². The van der Waals surface area contributed by atoms with Gasteiger partial charge in [-0.3, -0.25) is 0 Å². The van der Waals surface area contributed by atoms with Crippen LogP contribution in [0.4, 0.5) is 11.4 Å². The van der Waals surface area contributed by atoms with Gasteiger partial charge in [-0.05, 0) is 24.3 Å². The summed E-state index contributed by atoms with van der Waals surface area (Å²) in [6.45, 7) is 0. The topological polar surface area (TPSA) is 38.0 Å². The third-order valence-electron chi connectivity index (χ3n) is 1.20. The maximum Gasteiger partial charge on any atom is 0.0339 e. The van der Waals surface area contributed by atoms with E-state index in [0.29, 0.717) is 0 Å². The van der Waals surface area contributed by atoms with Gasteiger partial charge in [0, 0.05) is 18.4 Å². The molecule has 10 heavy (non-hydrogen) atoms. The Balaban J connectivity index is 0.000000810. The molecule has 0 amide bonds. The highest BCUT2D eigenvalue weighted by molar-refractivity contribution is 5.85. The molecule has 1 aromatic rings. The fourth-order valence-electron chi connectivity index (χ4n) is 0.650. The van der Waals surface area contributed by atoms with E-state index in [9.17, 15) is 0 Å². The molecule has 2 nitrogen and oxygen atoms in total. The second-order valence-electron chi connectivity index (χ2n) is 1.87. The summed E-state index contributed by atoms with van der Waals surface area (Å²) in [6, 6.07) is 7.61. The third kappa shape index (κ3) is 2.15. The fourth-order valence-corrected chi connectivity index (χ4v) is 0.650. The van der Waals surface area contributed by atoms with Crippen LogP contribution in [0.25, 0.3) is 0 Å². The molecular formula is C7H11ClN2. The smallest absolute Gasteiger partial charge is 0.0339 e. The van der Waals surface area contributed by atoms with Gasteiger partial charge in [-0.25, -0.2) is 0 Å². The van der Waals surface area contributed by atoms with Crippen molar-refractivity contribution in [1.29, 1.82) is 0 Å². The number of benzene rings is 1. The summed E-state index contributed by atoms with van der Waals surface area (Å²) in [6.07, 6.45) is 0. The maximum atomic E-state index is 5.45. The predicted molar refractivity (Wildman–Crippen MR) is 47.6 cm³/mol. The number of anilines is 2. The zero-order chi connectivity index (χ0) is 6.69. The van der Waals surface area contributed by atoms with Gasteiger partial charge < -0.3 is 11.1 Å². The largest absolute Gasteiger partial charge is 0.399 e. The summed E-state index contributed by atoms with van der Waals surface area (Å²) in [5.74, 6) is 0. The molecule has 1 rings (SSSR count). The van der Waals surface area contributed by atoms with Crippen LogP contribution in [0.2, 0.25) is 0 Å². The van der Waals surface area contributed by atoms with E-state index < -0.39 is 0 Å². The number of halogens is 1. The molecule has 0 aliphatic carbocycles. The summed E-state index contributed by atoms with van der Waals surface area (Å²) in [5, 5.41) is 3.00. The van der Waals surface area contributed by atoms with Crippen molar-refractivity contribution in [3.05, 3.63) is 24.3 Å². The standard InChI is InChI=1S/C7H10N2.ClH/c1-9-7-4-2-6(8)3-5-7;/h2-5,9H,8H2,1H3;1H. The number of nitrogen functional groups attached to an aromatic ring is 1. The van der Waals surface area contributed by atoms with Crippen molar-refractivity contribution < 1.29 is 0 Å². The molecule has 0 spiro atoms. The normalized spacial score (nSPS) is 8.10. The van der Waals surface area contributed by atoms with Gasteiger partial charge in [0.1, 0.15) is 0 Å². The molecule has 3 N–H and O–H groups in total. The lowest BCUT2D eigenvalue weighted by Crippen LogP contribution is -1.88. The van der Waals surface area contributed by atoms with Gasteiger partial charge in [-0.1, -0.05) is 0 Å². The van der Waals surface area contributed by atoms with Crippen molar-refractivity contribution in [2.45, 2.75) is 0 Å². The molecule has 0 fully saturated rings. The Bertz CT molecular complexity index is 183. The minimum atomic E-state index is 0. The zero-order valence-corrected chi connectivity index (χ0v) is 6.61. The van der Waals surface area contributed by atoms with Crippen LogP contribution < -0.4 is 11.1 Å². The summed E-state index contributed by atoms with van der Waals surface area (Å²) < 4.78 is 0. The van der Waals surface area contributed by atoms with Crippen LogP contribution in [0.3, 0.4) is 0 Å². The number of hydrogen-bond donors (Lipinski definition) is 2. The molecule has 0 bridgehead atoms. The average molecular weight is 159 g/mol. The van der Waals surface area contributed by atoms with Crippen molar-refractivity contribution in [3.8, 4) is 0 Å². The second kappa shape index (κ2) is 4.01. The van der Waals surface area contributed by atoms with Crippen molar-refractivity contribution in [2.75, 3.05) is 18.1 Å². The highest BCUT2D eigenvalue weighted by Gasteiger charge is 1.84. The van der Waals surface area contributed by atoms with Crippen LogP contribution in [-0.4, -0.2) is 7.05 Å². The Morgan fingerprint density at radius 3 is 2.10 bits per heavy atom. The molecule has 0 aliphatic heterocycles. The van der Waals surface area contributed by atoms with Crippen LogP contribution in [0.15, 0.2) is 24.3 Å². The lowest BCUT2D eigenvalue weighted by atomic mass is 10.3. The van der Waals surface area contributed by atoms with Gasteiger partial charge in [-0.15, -0.1) is 12.4 Å². The monoisotopic (exact) mass is 158 g/mol. The van der Waals surface area contributed by atoms with E-state index in [1.165, 1.54) is 0 Å². The first kappa shape index (κ1) is 9.11. The van der Waals surface area contributed by atoms with E-state index in [2.05, 4.69) is 5.32 Å². The van der Waals surface area contributed by atoms with Crippen LogP contribution in [0.1, 0.15) is 0 Å². The molecule has 1 aromatic carbocycles. The van der Waals surface area contributed by atoms with Crippen LogP contribution in [0, 0.1) is 0 Å². The number of nitrogens with one attached hydrogen (secondary N) is 1. The number of rotatable bonds is 1. The summed E-state index contributed by atoms with van der Waals surface area (Å²) in [7, 11) is 1.88. The zero-order valence-electron chi connectivity index (χ0n) is 5.79. The number of hydrogen-bond acceptors (Lipinski definition) is 2. The van der Waals surface area contributed by atoms with Crippen molar-refractivity contribution in [1.82, 2.24) is 0 Å². The lowest BCUT2D eigenvalue weighted by molar-refractivity contribution is 1.51. The minimum absolute atomic E-state index is 0. The van der Waals surface area contributed by atoms with Crippen LogP contribution >= 0.6 is 12.4 Å². The third-order valence-corrected chi connectivity index (χ3v) is 1.20. The van der Waals surface area contributed by atoms with Gasteiger partial charge in [0.2, 0.25) is 0 Å². The van der Waals surface area contributed by atoms with E-state index in [1.807, 2.05) is 31.3 Å². The Morgan fingerprint density at radius 2 is 1.70 bits per heavy atom. The van der Waals surface area contributed by atoms with Gasteiger partial charge >= 0.3 is 0 Å². The Morgan fingerprint density at radius 1 is 1.20 bits per heavy atom. The van der Waals surface area contributed by atoms with E-state index in [-0.39, 0.29) is 12.4 Å². The van der Waals surface area contributed by atoms with E-state index in [4.69, 9.17) is 5.73 Å². The van der Waals surface area contributed by atoms with E-state index >= 15 is 0 Å². The minimum Gasteiger partial charge on any atom is -0.399 e. The quantitative estimate of drug-likeness (QED) is 0.611. The molecule has 0 saturated heterocycles. The Kier molecular flexibility index (Phi) is 3.65. The predicted octanol–water partition coefficient (Wildman–Crippen LogP) is 1.73. The molecule has 0 atom stereocenters. The van der Waals surface area contributed by atoms with Gasteiger partial charge in [0.15, 0.2) is 0 Å². The molecule has 0 saturated carbocycles. The average Bonchev–Trinajstić information content (AvgIpc) is 1.90. The van der Waals surface area contributed by atoms with Gasteiger partial charge in [0.25, 0.3) is 0 Å². The summed E-state index contributed by atoms with van der Waals surface area (Å²) in [5.41, 5.74) is 7.34. The van der Waals surface area contributed by atoms with Crippen molar-refractivity contribution in [2.24, 2.45) is 0 Å². The van der Waals surface area contributed by atoms with E-state index in [1.54, 1.807) is 0 Å². The highest BCUT2D eigenvalue weighted by atomic mass is 35.5. The molecule has 3 heteroatoms. The molecule has 0 unspecified atom stereocenters. The molecule has 0 radical (unpaired) electrons. The summed E-state index contributed by atoms with van der Waals surface area (Å²) >= 11 is 0. The SMILES string of the molecule is CNc1ccc(N)cc1.Cl. The molecule has 56 valence electrons. The fraction of sp³-hybridized carbons (Fsp3) is 0.143. The molecule has 0 heterocycles. The number of nitrogens with two attached hydrogens (primary N) is 1. The van der Waals surface area contributed by atoms with Crippen LogP contribution in [-0.2, 0) is 0 Å². The van der Waals surface area contributed by atoms with Gasteiger partial charge in [-0.2, -0.15) is 0 Å². The lowest BCUT2D eigenvalue weighted by Gasteiger charge is -1.97. The maximum absolute atomic E-state index is 5.45. The molecule has 0 aliphatic rings. The Labute approximate surface area is 66.8 Å². The van der Waals surface area contributed by atoms with Crippen molar-refractivity contribution >= 4 is 23.8 Å². The molecule has 0 aromatic heterocycles. The Hall–Kier alpha value is -0.890. The molecular weight excluding hydrogens is 148 g/mol. The first-order chi connectivity index (χ1) is 4.33. The van der Waals surface area contributed by atoms with Crippen molar-refractivity contribution in [3.63, 3.8) is 0 Å². The first-order valence-corrected chi connectivity index (χ1v) is 2.86. The second-order valence-corrected chi connectivity index (χ2v) is 1.87. The van der Waals surface area contributed by atoms with Gasteiger partial charge in [0.05, 0.1) is 0 Å².